The molecule has 106 valence electrons. The van der Waals surface area contributed by atoms with E-state index in [1.54, 1.807) is 11.3 Å². The summed E-state index contributed by atoms with van der Waals surface area (Å²) >= 11 is 7.78. The van der Waals surface area contributed by atoms with Gasteiger partial charge in [-0.05, 0) is 37.4 Å². The number of rotatable bonds is 2. The topological polar surface area (TPSA) is 32.3 Å². The molecule has 1 saturated heterocycles. The second kappa shape index (κ2) is 4.83. The Bertz CT molecular complexity index is 644. The van der Waals surface area contributed by atoms with Crippen molar-refractivity contribution in [2.75, 3.05) is 31.1 Å². The summed E-state index contributed by atoms with van der Waals surface area (Å²) in [6.45, 7) is 6.45. The van der Waals surface area contributed by atoms with E-state index in [0.29, 0.717) is 5.28 Å². The summed E-state index contributed by atoms with van der Waals surface area (Å²) in [5.41, 5.74) is 0. The van der Waals surface area contributed by atoms with Crippen molar-refractivity contribution in [3.63, 3.8) is 0 Å². The van der Waals surface area contributed by atoms with E-state index in [2.05, 4.69) is 32.8 Å². The molecule has 1 aliphatic heterocycles. The number of hydrogen-bond donors (Lipinski definition) is 0. The van der Waals surface area contributed by atoms with Gasteiger partial charge in [-0.2, -0.15) is 4.98 Å². The predicted octanol–water partition coefficient (Wildman–Crippen LogP) is 2.94. The summed E-state index contributed by atoms with van der Waals surface area (Å²) in [6, 6.07) is 3.04. The fraction of sp³-hybridized carbons (Fsp3) is 0.571. The van der Waals surface area contributed by atoms with Gasteiger partial charge in [0.1, 0.15) is 10.6 Å². The van der Waals surface area contributed by atoms with Crippen molar-refractivity contribution < 1.29 is 0 Å². The monoisotopic (exact) mass is 308 g/mol. The molecule has 0 N–H and O–H groups in total. The fourth-order valence-corrected chi connectivity index (χ4v) is 4.07. The average molecular weight is 309 g/mol. The second-order valence-electron chi connectivity index (χ2n) is 5.65. The van der Waals surface area contributed by atoms with Gasteiger partial charge in [-0.1, -0.05) is 0 Å². The van der Waals surface area contributed by atoms with Crippen molar-refractivity contribution >= 4 is 39.0 Å². The van der Waals surface area contributed by atoms with Gasteiger partial charge in [0.25, 0.3) is 0 Å². The van der Waals surface area contributed by atoms with Crippen LogP contribution < -0.4 is 4.90 Å². The van der Waals surface area contributed by atoms with Crippen molar-refractivity contribution in [1.29, 1.82) is 0 Å². The molecule has 0 amide bonds. The third-order valence-electron chi connectivity index (χ3n) is 4.15. The molecule has 2 aromatic heterocycles. The van der Waals surface area contributed by atoms with Gasteiger partial charge < -0.3 is 4.90 Å². The zero-order chi connectivity index (χ0) is 13.7. The number of halogens is 1. The lowest BCUT2D eigenvalue weighted by molar-refractivity contribution is 0.248. The Labute approximate surface area is 127 Å². The first-order valence-electron chi connectivity index (χ1n) is 7.13. The van der Waals surface area contributed by atoms with Crippen LogP contribution in [0.3, 0.4) is 0 Å². The molecule has 0 spiro atoms. The molecule has 3 heterocycles. The summed E-state index contributed by atoms with van der Waals surface area (Å²) in [5, 5.41) is 1.51. The molecule has 1 saturated carbocycles. The molecule has 6 heteroatoms. The Morgan fingerprint density at radius 3 is 2.65 bits per heavy atom. The minimum absolute atomic E-state index is 0.360. The number of fused-ring (bicyclic) bond motifs is 1. The van der Waals surface area contributed by atoms with Crippen molar-refractivity contribution in [1.82, 2.24) is 14.9 Å². The maximum atomic E-state index is 6.09. The lowest BCUT2D eigenvalue weighted by Crippen LogP contribution is -2.47. The number of piperazine rings is 1. The number of hydrogen-bond acceptors (Lipinski definition) is 5. The quantitative estimate of drug-likeness (QED) is 0.799. The first-order chi connectivity index (χ1) is 9.70. The molecule has 20 heavy (non-hydrogen) atoms. The van der Waals surface area contributed by atoms with Gasteiger partial charge in [-0.3, -0.25) is 4.90 Å². The van der Waals surface area contributed by atoms with Gasteiger partial charge in [0, 0.05) is 37.1 Å². The number of aromatic nitrogens is 2. The van der Waals surface area contributed by atoms with E-state index in [4.69, 9.17) is 11.6 Å². The van der Waals surface area contributed by atoms with Gasteiger partial charge in [0.15, 0.2) is 0 Å². The predicted molar refractivity (Wildman–Crippen MR) is 84.0 cm³/mol. The first-order valence-corrected chi connectivity index (χ1v) is 8.33. The Balaban J connectivity index is 1.64. The largest absolute Gasteiger partial charge is 0.353 e. The lowest BCUT2D eigenvalue weighted by Gasteiger charge is -2.35. The van der Waals surface area contributed by atoms with Crippen LogP contribution in [0, 0.1) is 6.92 Å². The highest BCUT2D eigenvalue weighted by Crippen LogP contribution is 2.33. The molecular weight excluding hydrogens is 292 g/mol. The van der Waals surface area contributed by atoms with Gasteiger partial charge in [-0.15, -0.1) is 11.3 Å². The van der Waals surface area contributed by atoms with Crippen LogP contribution in [0.25, 0.3) is 10.2 Å². The number of aryl methyl sites for hydroxylation is 1. The van der Waals surface area contributed by atoms with Gasteiger partial charge >= 0.3 is 0 Å². The van der Waals surface area contributed by atoms with Gasteiger partial charge in [-0.25, -0.2) is 4.98 Å². The van der Waals surface area contributed by atoms with E-state index < -0.39 is 0 Å². The molecule has 0 atom stereocenters. The number of nitrogens with zero attached hydrogens (tertiary/aromatic N) is 4. The zero-order valence-corrected chi connectivity index (χ0v) is 13.0. The molecule has 0 aromatic carbocycles. The lowest BCUT2D eigenvalue weighted by atomic mass is 10.2. The third kappa shape index (κ3) is 2.28. The van der Waals surface area contributed by atoms with E-state index in [9.17, 15) is 0 Å². The molecule has 1 aliphatic carbocycles. The van der Waals surface area contributed by atoms with Gasteiger partial charge in [0.05, 0.1) is 5.39 Å². The van der Waals surface area contributed by atoms with Crippen LogP contribution in [0.4, 0.5) is 5.82 Å². The van der Waals surface area contributed by atoms with E-state index in [0.717, 1.165) is 48.3 Å². The minimum atomic E-state index is 0.360. The molecule has 2 fully saturated rings. The van der Waals surface area contributed by atoms with Gasteiger partial charge in [0.2, 0.25) is 5.28 Å². The molecule has 4 rings (SSSR count). The zero-order valence-electron chi connectivity index (χ0n) is 11.5. The van der Waals surface area contributed by atoms with Crippen LogP contribution in [-0.4, -0.2) is 47.1 Å². The van der Waals surface area contributed by atoms with E-state index in [1.807, 2.05) is 0 Å². The van der Waals surface area contributed by atoms with Crippen LogP contribution in [0.5, 0.6) is 0 Å². The second-order valence-corrected chi connectivity index (χ2v) is 7.22. The van der Waals surface area contributed by atoms with Crippen LogP contribution >= 0.6 is 22.9 Å². The molecule has 0 unspecified atom stereocenters. The van der Waals surface area contributed by atoms with Crippen LogP contribution in [0.15, 0.2) is 6.07 Å². The van der Waals surface area contributed by atoms with Crippen LogP contribution in [-0.2, 0) is 0 Å². The minimum Gasteiger partial charge on any atom is -0.353 e. The SMILES string of the molecule is Cc1cc2c(N3CCN(C4CC4)CC3)nc(Cl)nc2s1. The summed E-state index contributed by atoms with van der Waals surface area (Å²) in [6.07, 6.45) is 2.76. The molecule has 4 nitrogen and oxygen atoms in total. The maximum absolute atomic E-state index is 6.09. The van der Waals surface area contributed by atoms with E-state index in [1.165, 1.54) is 17.7 Å². The fourth-order valence-electron chi connectivity index (χ4n) is 2.98. The molecule has 0 radical (unpaired) electrons. The van der Waals surface area contributed by atoms with Crippen molar-refractivity contribution in [3.8, 4) is 0 Å². The molecule has 2 aromatic rings. The van der Waals surface area contributed by atoms with Crippen molar-refractivity contribution in [2.45, 2.75) is 25.8 Å². The summed E-state index contributed by atoms with van der Waals surface area (Å²) < 4.78 is 0. The Hall–Kier alpha value is -0.910. The smallest absolute Gasteiger partial charge is 0.225 e. The van der Waals surface area contributed by atoms with Crippen LogP contribution in [0.1, 0.15) is 17.7 Å². The number of anilines is 1. The highest BCUT2D eigenvalue weighted by molar-refractivity contribution is 7.18. The Morgan fingerprint density at radius 2 is 1.95 bits per heavy atom. The first kappa shape index (κ1) is 12.8. The standard InChI is InChI=1S/C14H17ClN4S/c1-9-8-11-12(16-14(15)17-13(11)20-9)19-6-4-18(5-7-19)10-2-3-10/h8,10H,2-7H2,1H3. The maximum Gasteiger partial charge on any atom is 0.225 e. The summed E-state index contributed by atoms with van der Waals surface area (Å²) in [4.78, 5) is 16.1. The summed E-state index contributed by atoms with van der Waals surface area (Å²) in [5.74, 6) is 1.01. The summed E-state index contributed by atoms with van der Waals surface area (Å²) in [7, 11) is 0. The van der Waals surface area contributed by atoms with E-state index in [-0.39, 0.29) is 0 Å². The number of thiophene rings is 1. The molecule has 0 bridgehead atoms. The third-order valence-corrected chi connectivity index (χ3v) is 5.26. The highest BCUT2D eigenvalue weighted by Gasteiger charge is 2.31. The molecule has 2 aliphatic rings. The average Bonchev–Trinajstić information content (AvgIpc) is 3.21. The Kier molecular flexibility index (Phi) is 3.09. The van der Waals surface area contributed by atoms with Crippen molar-refractivity contribution in [3.05, 3.63) is 16.2 Å². The van der Waals surface area contributed by atoms with Crippen molar-refractivity contribution in [2.24, 2.45) is 0 Å². The van der Waals surface area contributed by atoms with Crippen LogP contribution in [0.2, 0.25) is 5.28 Å². The van der Waals surface area contributed by atoms with E-state index >= 15 is 0 Å². The highest BCUT2D eigenvalue weighted by atomic mass is 35.5. The molecular formula is C14H17ClN4S. The Morgan fingerprint density at radius 1 is 1.20 bits per heavy atom. The normalized spacial score (nSPS) is 20.8.